The van der Waals surface area contributed by atoms with Crippen LogP contribution in [0.15, 0.2) is 51.4 Å². The Kier molecular flexibility index (Phi) is 5.64. The molecule has 2 aromatic carbocycles. The SMILES string of the molecule is Cc1cccc(OCC(O)CNC(=O)c2oc3ccc(Br)cc3c2C)c1. The van der Waals surface area contributed by atoms with E-state index in [-0.39, 0.29) is 24.8 Å². The number of rotatable bonds is 6. The van der Waals surface area contributed by atoms with Crippen molar-refractivity contribution in [3.63, 3.8) is 0 Å². The van der Waals surface area contributed by atoms with Crippen molar-refractivity contribution in [1.29, 1.82) is 0 Å². The summed E-state index contributed by atoms with van der Waals surface area (Å²) in [7, 11) is 0. The summed E-state index contributed by atoms with van der Waals surface area (Å²) in [6.45, 7) is 3.98. The average Bonchev–Trinajstić information content (AvgIpc) is 2.94. The Morgan fingerprint density at radius 3 is 2.85 bits per heavy atom. The summed E-state index contributed by atoms with van der Waals surface area (Å²) >= 11 is 3.41. The molecule has 136 valence electrons. The molecule has 0 fully saturated rings. The topological polar surface area (TPSA) is 71.7 Å². The molecule has 6 heteroatoms. The van der Waals surface area contributed by atoms with E-state index < -0.39 is 6.10 Å². The van der Waals surface area contributed by atoms with E-state index in [9.17, 15) is 9.90 Å². The second-order valence-electron chi connectivity index (χ2n) is 6.19. The van der Waals surface area contributed by atoms with Gasteiger partial charge >= 0.3 is 0 Å². The lowest BCUT2D eigenvalue weighted by Crippen LogP contribution is -2.35. The number of hydrogen-bond acceptors (Lipinski definition) is 4. The van der Waals surface area contributed by atoms with Gasteiger partial charge in [0.05, 0.1) is 0 Å². The van der Waals surface area contributed by atoms with Gasteiger partial charge in [-0.15, -0.1) is 0 Å². The molecule has 26 heavy (non-hydrogen) atoms. The summed E-state index contributed by atoms with van der Waals surface area (Å²) in [6.07, 6.45) is -0.821. The standard InChI is InChI=1S/C20H20BrNO4/c1-12-4-3-5-16(8-12)25-11-15(23)10-22-20(24)19-13(2)17-9-14(21)6-7-18(17)26-19/h3-9,15,23H,10-11H2,1-2H3,(H,22,24). The van der Waals surface area contributed by atoms with E-state index in [0.29, 0.717) is 11.3 Å². The Morgan fingerprint density at radius 1 is 1.27 bits per heavy atom. The van der Waals surface area contributed by atoms with E-state index in [1.807, 2.05) is 56.3 Å². The van der Waals surface area contributed by atoms with Gasteiger partial charge in [-0.3, -0.25) is 4.79 Å². The van der Waals surface area contributed by atoms with Gasteiger partial charge in [0, 0.05) is 22.0 Å². The third kappa shape index (κ3) is 4.26. The second-order valence-corrected chi connectivity index (χ2v) is 7.10. The van der Waals surface area contributed by atoms with Crippen molar-refractivity contribution in [2.45, 2.75) is 20.0 Å². The Hall–Kier alpha value is -2.31. The number of halogens is 1. The monoisotopic (exact) mass is 417 g/mol. The van der Waals surface area contributed by atoms with Crippen molar-refractivity contribution in [3.8, 4) is 5.75 Å². The van der Waals surface area contributed by atoms with Crippen LogP contribution in [0.3, 0.4) is 0 Å². The molecular formula is C20H20BrNO4. The molecule has 1 unspecified atom stereocenters. The van der Waals surface area contributed by atoms with Crippen LogP contribution in [0, 0.1) is 13.8 Å². The van der Waals surface area contributed by atoms with Gasteiger partial charge < -0.3 is 19.6 Å². The number of carbonyl (C=O) groups excluding carboxylic acids is 1. The maximum atomic E-state index is 12.4. The summed E-state index contributed by atoms with van der Waals surface area (Å²) in [5, 5.41) is 13.6. The number of ether oxygens (including phenoxy) is 1. The first kappa shape index (κ1) is 18.5. The normalized spacial score (nSPS) is 12.2. The molecule has 0 spiro atoms. The number of carbonyl (C=O) groups is 1. The average molecular weight is 418 g/mol. The Labute approximate surface area is 160 Å². The van der Waals surface area contributed by atoms with Gasteiger partial charge in [0.25, 0.3) is 5.91 Å². The summed E-state index contributed by atoms with van der Waals surface area (Å²) in [5.41, 5.74) is 2.50. The smallest absolute Gasteiger partial charge is 0.287 e. The maximum Gasteiger partial charge on any atom is 0.287 e. The van der Waals surface area contributed by atoms with Gasteiger partial charge in [-0.05, 0) is 49.7 Å². The van der Waals surface area contributed by atoms with Crippen molar-refractivity contribution >= 4 is 32.8 Å². The zero-order valence-electron chi connectivity index (χ0n) is 14.6. The first-order valence-corrected chi connectivity index (χ1v) is 9.07. The number of fused-ring (bicyclic) bond motifs is 1. The minimum atomic E-state index is -0.821. The minimum absolute atomic E-state index is 0.0742. The van der Waals surface area contributed by atoms with Crippen LogP contribution in [0.25, 0.3) is 11.0 Å². The van der Waals surface area contributed by atoms with Gasteiger partial charge in [-0.2, -0.15) is 0 Å². The van der Waals surface area contributed by atoms with Gasteiger partial charge in [0.2, 0.25) is 0 Å². The molecule has 0 radical (unpaired) electrons. The van der Waals surface area contributed by atoms with Crippen molar-refractivity contribution in [1.82, 2.24) is 5.32 Å². The van der Waals surface area contributed by atoms with E-state index in [1.165, 1.54) is 0 Å². The first-order chi connectivity index (χ1) is 12.4. The fourth-order valence-corrected chi connectivity index (χ4v) is 3.02. The lowest BCUT2D eigenvalue weighted by atomic mass is 10.1. The van der Waals surface area contributed by atoms with Crippen LogP contribution < -0.4 is 10.1 Å². The van der Waals surface area contributed by atoms with Gasteiger partial charge in [0.1, 0.15) is 24.0 Å². The molecule has 0 bridgehead atoms. The van der Waals surface area contributed by atoms with Crippen LogP contribution in [-0.4, -0.2) is 30.3 Å². The number of nitrogens with one attached hydrogen (secondary N) is 1. The molecule has 2 N–H and O–H groups in total. The molecule has 0 aliphatic rings. The molecule has 3 aromatic rings. The summed E-state index contributed by atoms with van der Waals surface area (Å²) in [5.74, 6) is 0.586. The lowest BCUT2D eigenvalue weighted by molar-refractivity contribution is 0.0823. The third-order valence-electron chi connectivity index (χ3n) is 4.03. The van der Waals surface area contributed by atoms with Crippen LogP contribution in [0.4, 0.5) is 0 Å². The molecule has 1 heterocycles. The number of aryl methyl sites for hydroxylation is 2. The predicted octanol–water partition coefficient (Wildman–Crippen LogP) is 3.98. The van der Waals surface area contributed by atoms with Crippen LogP contribution in [0.2, 0.25) is 0 Å². The molecule has 1 amide bonds. The number of benzene rings is 2. The van der Waals surface area contributed by atoms with Crippen molar-refractivity contribution in [2.24, 2.45) is 0 Å². The minimum Gasteiger partial charge on any atom is -0.491 e. The van der Waals surface area contributed by atoms with Crippen LogP contribution >= 0.6 is 15.9 Å². The predicted molar refractivity (Wildman–Crippen MR) is 104 cm³/mol. The highest BCUT2D eigenvalue weighted by atomic mass is 79.9. The molecule has 1 aromatic heterocycles. The van der Waals surface area contributed by atoms with E-state index in [2.05, 4.69) is 21.2 Å². The van der Waals surface area contributed by atoms with Gasteiger partial charge in [-0.1, -0.05) is 28.1 Å². The Balaban J connectivity index is 1.57. The maximum absolute atomic E-state index is 12.4. The van der Waals surface area contributed by atoms with Gasteiger partial charge in [0.15, 0.2) is 5.76 Å². The highest BCUT2D eigenvalue weighted by Crippen LogP contribution is 2.28. The van der Waals surface area contributed by atoms with Crippen molar-refractivity contribution in [2.75, 3.05) is 13.2 Å². The van der Waals surface area contributed by atoms with Crippen LogP contribution in [-0.2, 0) is 0 Å². The fourth-order valence-electron chi connectivity index (χ4n) is 2.66. The second kappa shape index (κ2) is 7.93. The van der Waals surface area contributed by atoms with Crippen molar-refractivity contribution < 1.29 is 19.1 Å². The quantitative estimate of drug-likeness (QED) is 0.635. The number of aliphatic hydroxyl groups excluding tert-OH is 1. The van der Waals surface area contributed by atoms with Crippen LogP contribution in [0.5, 0.6) is 5.75 Å². The molecule has 0 saturated carbocycles. The first-order valence-electron chi connectivity index (χ1n) is 8.28. The third-order valence-corrected chi connectivity index (χ3v) is 4.53. The largest absolute Gasteiger partial charge is 0.491 e. The van der Waals surface area contributed by atoms with E-state index in [0.717, 1.165) is 21.0 Å². The van der Waals surface area contributed by atoms with Crippen LogP contribution in [0.1, 0.15) is 21.7 Å². The zero-order valence-corrected chi connectivity index (χ0v) is 16.2. The molecule has 3 rings (SSSR count). The molecule has 0 aliphatic heterocycles. The number of amides is 1. The molecule has 0 saturated heterocycles. The molecular weight excluding hydrogens is 398 g/mol. The highest BCUT2D eigenvalue weighted by Gasteiger charge is 2.18. The lowest BCUT2D eigenvalue weighted by Gasteiger charge is -2.13. The van der Waals surface area contributed by atoms with Crippen molar-refractivity contribution in [3.05, 3.63) is 63.8 Å². The molecule has 5 nitrogen and oxygen atoms in total. The Morgan fingerprint density at radius 2 is 2.08 bits per heavy atom. The van der Waals surface area contributed by atoms with Gasteiger partial charge in [-0.25, -0.2) is 0 Å². The summed E-state index contributed by atoms with van der Waals surface area (Å²) in [4.78, 5) is 12.4. The Bertz CT molecular complexity index is 935. The number of aliphatic hydroxyl groups is 1. The summed E-state index contributed by atoms with van der Waals surface area (Å²) in [6, 6.07) is 13.2. The zero-order chi connectivity index (χ0) is 18.7. The molecule has 0 aliphatic carbocycles. The van der Waals surface area contributed by atoms with E-state index in [1.54, 1.807) is 0 Å². The fraction of sp³-hybridized carbons (Fsp3) is 0.250. The highest BCUT2D eigenvalue weighted by molar-refractivity contribution is 9.10. The van der Waals surface area contributed by atoms with E-state index in [4.69, 9.17) is 9.15 Å². The molecule has 1 atom stereocenters. The number of furan rings is 1. The van der Waals surface area contributed by atoms with E-state index >= 15 is 0 Å². The summed E-state index contributed by atoms with van der Waals surface area (Å²) < 4.78 is 12.1. The number of hydrogen-bond donors (Lipinski definition) is 2.